The molecule has 0 aromatic rings. The van der Waals surface area contributed by atoms with Crippen molar-refractivity contribution in [3.05, 3.63) is 23.8 Å². The van der Waals surface area contributed by atoms with E-state index in [0.29, 0.717) is 5.92 Å². The van der Waals surface area contributed by atoms with E-state index in [4.69, 9.17) is 0 Å². The van der Waals surface area contributed by atoms with Crippen molar-refractivity contribution in [2.24, 2.45) is 5.92 Å². The lowest BCUT2D eigenvalue weighted by Crippen LogP contribution is -1.95. The quantitative estimate of drug-likeness (QED) is 0.500. The second-order valence-corrected chi connectivity index (χ2v) is 2.77. The first kappa shape index (κ1) is 6.60. The first-order valence-electron chi connectivity index (χ1n) is 3.58. The van der Waals surface area contributed by atoms with Crippen LogP contribution in [0.3, 0.4) is 0 Å². The first-order chi connectivity index (χ1) is 4.30. The molecule has 0 nitrogen and oxygen atoms in total. The standard InChI is InChI=1S/C9H13/c1-8(2)9-6-4-3-5-7-9/h3-4,8H,5,7H2,1-2H3. The highest BCUT2D eigenvalue weighted by atomic mass is 14.1. The minimum Gasteiger partial charge on any atom is -0.0836 e. The Kier molecular flexibility index (Phi) is 2.10. The van der Waals surface area contributed by atoms with Crippen molar-refractivity contribution in [2.75, 3.05) is 0 Å². The second-order valence-electron chi connectivity index (χ2n) is 2.77. The minimum absolute atomic E-state index is 0.690. The molecule has 1 radical (unpaired) electrons. The third-order valence-electron chi connectivity index (χ3n) is 1.66. The summed E-state index contributed by atoms with van der Waals surface area (Å²) in [5.41, 5.74) is 1.47. The van der Waals surface area contributed by atoms with Gasteiger partial charge in [0.25, 0.3) is 0 Å². The topological polar surface area (TPSA) is 0 Å². The lowest BCUT2D eigenvalue weighted by Gasteiger charge is -2.10. The normalized spacial score (nSPS) is 18.3. The van der Waals surface area contributed by atoms with Gasteiger partial charge in [-0.3, -0.25) is 0 Å². The van der Waals surface area contributed by atoms with Crippen LogP contribution >= 0.6 is 0 Å². The third-order valence-corrected chi connectivity index (χ3v) is 1.66. The fourth-order valence-corrected chi connectivity index (χ4v) is 1.02. The molecule has 0 unspecified atom stereocenters. The van der Waals surface area contributed by atoms with E-state index in [1.807, 2.05) is 6.08 Å². The molecular formula is C9H13. The Morgan fingerprint density at radius 2 is 2.33 bits per heavy atom. The molecule has 0 amide bonds. The van der Waals surface area contributed by atoms with Crippen LogP contribution in [0.4, 0.5) is 0 Å². The fraction of sp³-hybridized carbons (Fsp3) is 0.556. The molecule has 1 rings (SSSR count). The van der Waals surface area contributed by atoms with E-state index in [9.17, 15) is 0 Å². The van der Waals surface area contributed by atoms with Gasteiger partial charge in [0, 0.05) is 0 Å². The van der Waals surface area contributed by atoms with Gasteiger partial charge in [0.2, 0.25) is 0 Å². The van der Waals surface area contributed by atoms with E-state index in [0.717, 1.165) is 0 Å². The van der Waals surface area contributed by atoms with Crippen LogP contribution in [-0.2, 0) is 0 Å². The Morgan fingerprint density at radius 1 is 1.56 bits per heavy atom. The van der Waals surface area contributed by atoms with Gasteiger partial charge in [0.05, 0.1) is 0 Å². The van der Waals surface area contributed by atoms with Crippen LogP contribution in [0.2, 0.25) is 0 Å². The van der Waals surface area contributed by atoms with E-state index in [-0.39, 0.29) is 0 Å². The van der Waals surface area contributed by atoms with Crippen LogP contribution in [0.5, 0.6) is 0 Å². The molecule has 0 aromatic carbocycles. The molecule has 1 aliphatic carbocycles. The molecule has 1 aliphatic rings. The van der Waals surface area contributed by atoms with E-state index in [2.05, 4.69) is 26.0 Å². The van der Waals surface area contributed by atoms with Crippen LogP contribution < -0.4 is 0 Å². The SMILES string of the molecule is CC(C)C1=[C]C=CCC1. The smallest absolute Gasteiger partial charge is 0.0193 e. The summed E-state index contributed by atoms with van der Waals surface area (Å²) in [4.78, 5) is 0. The van der Waals surface area contributed by atoms with Gasteiger partial charge in [-0.2, -0.15) is 0 Å². The van der Waals surface area contributed by atoms with E-state index >= 15 is 0 Å². The lowest BCUT2D eigenvalue weighted by atomic mass is 9.95. The highest BCUT2D eigenvalue weighted by Crippen LogP contribution is 2.18. The van der Waals surface area contributed by atoms with Gasteiger partial charge in [-0.15, -0.1) is 0 Å². The van der Waals surface area contributed by atoms with Crippen LogP contribution in [0.15, 0.2) is 17.7 Å². The van der Waals surface area contributed by atoms with Crippen molar-refractivity contribution in [3.63, 3.8) is 0 Å². The number of rotatable bonds is 1. The van der Waals surface area contributed by atoms with Gasteiger partial charge in [-0.05, 0) is 24.8 Å². The second kappa shape index (κ2) is 2.86. The van der Waals surface area contributed by atoms with Crippen molar-refractivity contribution in [1.29, 1.82) is 0 Å². The summed E-state index contributed by atoms with van der Waals surface area (Å²) in [6, 6.07) is 0. The van der Waals surface area contributed by atoms with Crippen molar-refractivity contribution >= 4 is 0 Å². The maximum atomic E-state index is 3.25. The van der Waals surface area contributed by atoms with Gasteiger partial charge < -0.3 is 0 Å². The average molecular weight is 121 g/mol. The maximum absolute atomic E-state index is 3.25. The predicted molar refractivity (Wildman–Crippen MR) is 40.0 cm³/mol. The summed E-state index contributed by atoms with van der Waals surface area (Å²) >= 11 is 0. The Bertz CT molecular complexity index is 138. The first-order valence-corrected chi connectivity index (χ1v) is 3.58. The van der Waals surface area contributed by atoms with Gasteiger partial charge in [0.1, 0.15) is 0 Å². The summed E-state index contributed by atoms with van der Waals surface area (Å²) in [6.45, 7) is 4.45. The Hall–Kier alpha value is -0.520. The molecule has 0 N–H and O–H groups in total. The summed E-state index contributed by atoms with van der Waals surface area (Å²) < 4.78 is 0. The monoisotopic (exact) mass is 121 g/mol. The molecule has 0 aromatic heterocycles. The molecule has 0 aliphatic heterocycles. The molecule has 0 bridgehead atoms. The summed E-state index contributed by atoms with van der Waals surface area (Å²) in [5.74, 6) is 0.690. The summed E-state index contributed by atoms with van der Waals surface area (Å²) in [6.07, 6.45) is 9.89. The summed E-state index contributed by atoms with van der Waals surface area (Å²) in [5, 5.41) is 0. The maximum Gasteiger partial charge on any atom is -0.0193 e. The van der Waals surface area contributed by atoms with Crippen molar-refractivity contribution < 1.29 is 0 Å². The van der Waals surface area contributed by atoms with Crippen LogP contribution in [0.1, 0.15) is 26.7 Å². The fourth-order valence-electron chi connectivity index (χ4n) is 1.02. The number of allylic oxidation sites excluding steroid dienone is 4. The molecule has 0 fully saturated rings. The van der Waals surface area contributed by atoms with Crippen molar-refractivity contribution in [3.8, 4) is 0 Å². The summed E-state index contributed by atoms with van der Waals surface area (Å²) in [7, 11) is 0. The molecule has 0 heterocycles. The van der Waals surface area contributed by atoms with Crippen LogP contribution in [-0.4, -0.2) is 0 Å². The average Bonchev–Trinajstić information content (AvgIpc) is 1.90. The van der Waals surface area contributed by atoms with E-state index in [1.165, 1.54) is 18.4 Å². The van der Waals surface area contributed by atoms with Crippen molar-refractivity contribution in [1.82, 2.24) is 0 Å². The molecule has 49 valence electrons. The highest BCUT2D eigenvalue weighted by Gasteiger charge is 2.02. The Labute approximate surface area is 57.3 Å². The Morgan fingerprint density at radius 3 is 2.67 bits per heavy atom. The largest absolute Gasteiger partial charge is 0.0836 e. The molecule has 0 heteroatoms. The minimum atomic E-state index is 0.690. The van der Waals surface area contributed by atoms with Crippen LogP contribution in [0.25, 0.3) is 0 Å². The van der Waals surface area contributed by atoms with Gasteiger partial charge >= 0.3 is 0 Å². The van der Waals surface area contributed by atoms with Crippen molar-refractivity contribution in [2.45, 2.75) is 26.7 Å². The highest BCUT2D eigenvalue weighted by molar-refractivity contribution is 5.13. The zero-order valence-electron chi connectivity index (χ0n) is 6.15. The van der Waals surface area contributed by atoms with E-state index in [1.54, 1.807) is 0 Å². The molecule has 0 saturated carbocycles. The number of hydrogen-bond donors (Lipinski definition) is 0. The molecule has 0 saturated heterocycles. The molecule has 0 spiro atoms. The van der Waals surface area contributed by atoms with Gasteiger partial charge in [0.15, 0.2) is 0 Å². The molecular weight excluding hydrogens is 108 g/mol. The number of hydrogen-bond acceptors (Lipinski definition) is 0. The lowest BCUT2D eigenvalue weighted by molar-refractivity contribution is 0.705. The predicted octanol–water partition coefficient (Wildman–Crippen LogP) is 2.72. The Balaban J connectivity index is 2.57. The van der Waals surface area contributed by atoms with Gasteiger partial charge in [-0.25, -0.2) is 0 Å². The zero-order chi connectivity index (χ0) is 6.69. The van der Waals surface area contributed by atoms with Gasteiger partial charge in [-0.1, -0.05) is 31.6 Å². The molecule has 9 heavy (non-hydrogen) atoms. The van der Waals surface area contributed by atoms with Crippen LogP contribution in [0, 0.1) is 12.0 Å². The zero-order valence-corrected chi connectivity index (χ0v) is 6.15. The van der Waals surface area contributed by atoms with E-state index < -0.39 is 0 Å². The molecule has 0 atom stereocenters. The third kappa shape index (κ3) is 1.70.